The van der Waals surface area contributed by atoms with Crippen molar-refractivity contribution in [3.63, 3.8) is 0 Å². The summed E-state index contributed by atoms with van der Waals surface area (Å²) in [5.41, 5.74) is 0. The van der Waals surface area contributed by atoms with Crippen LogP contribution >= 0.6 is 10.7 Å². The number of halogens is 1. The van der Waals surface area contributed by atoms with E-state index in [4.69, 9.17) is 10.7 Å². The molecular formula is C10H17ClO2S. The maximum Gasteiger partial charge on any atom is 0.235 e. The monoisotopic (exact) mass is 236 g/mol. The first-order valence-corrected chi connectivity index (χ1v) is 7.88. The second-order valence-corrected chi connectivity index (χ2v) is 7.62. The molecule has 0 amide bonds. The van der Waals surface area contributed by atoms with Gasteiger partial charge in [0.1, 0.15) is 0 Å². The Morgan fingerprint density at radius 1 is 0.929 bits per heavy atom. The smallest absolute Gasteiger partial charge is 0.212 e. The Balaban J connectivity index is 2.03. The van der Waals surface area contributed by atoms with Crippen molar-refractivity contribution in [1.29, 1.82) is 0 Å². The van der Waals surface area contributed by atoms with Crippen LogP contribution in [0.2, 0.25) is 0 Å². The Hall–Kier alpha value is 0.240. The predicted octanol–water partition coefficient (Wildman–Crippen LogP) is 2.91. The van der Waals surface area contributed by atoms with Crippen LogP contribution in [0, 0.1) is 11.8 Å². The summed E-state index contributed by atoms with van der Waals surface area (Å²) in [5, 5.41) is -0.261. The van der Waals surface area contributed by atoms with Crippen LogP contribution < -0.4 is 0 Å². The van der Waals surface area contributed by atoms with Crippen molar-refractivity contribution in [2.24, 2.45) is 11.8 Å². The summed E-state index contributed by atoms with van der Waals surface area (Å²) in [6.07, 6.45) is 7.80. The molecule has 2 aliphatic rings. The van der Waals surface area contributed by atoms with Gasteiger partial charge in [0.25, 0.3) is 0 Å². The molecule has 0 spiro atoms. The van der Waals surface area contributed by atoms with Gasteiger partial charge in [-0.1, -0.05) is 25.7 Å². The molecule has 2 aliphatic carbocycles. The molecule has 82 valence electrons. The molecule has 0 radical (unpaired) electrons. The van der Waals surface area contributed by atoms with Crippen molar-refractivity contribution in [1.82, 2.24) is 0 Å². The van der Waals surface area contributed by atoms with E-state index in [0.29, 0.717) is 5.92 Å². The van der Waals surface area contributed by atoms with Crippen molar-refractivity contribution in [3.8, 4) is 0 Å². The van der Waals surface area contributed by atoms with Crippen LogP contribution in [-0.4, -0.2) is 13.7 Å². The number of hydrogen-bond donors (Lipinski definition) is 0. The molecule has 0 aliphatic heterocycles. The van der Waals surface area contributed by atoms with E-state index in [2.05, 4.69) is 0 Å². The van der Waals surface area contributed by atoms with Crippen LogP contribution in [0.4, 0.5) is 0 Å². The molecule has 0 N–H and O–H groups in total. The lowest BCUT2D eigenvalue weighted by Crippen LogP contribution is -2.33. The maximum absolute atomic E-state index is 11.2. The fraction of sp³-hybridized carbons (Fsp3) is 1.00. The molecule has 2 saturated carbocycles. The van der Waals surface area contributed by atoms with Gasteiger partial charge in [-0.3, -0.25) is 0 Å². The number of rotatable bonds is 1. The van der Waals surface area contributed by atoms with Crippen LogP contribution in [0.5, 0.6) is 0 Å². The SMILES string of the molecule is O=S(=O)(Cl)[C@H]1CCC2CCCCC2C1. The predicted molar refractivity (Wildman–Crippen MR) is 57.9 cm³/mol. The van der Waals surface area contributed by atoms with Gasteiger partial charge < -0.3 is 0 Å². The van der Waals surface area contributed by atoms with Gasteiger partial charge in [0.05, 0.1) is 5.25 Å². The molecule has 0 aromatic heterocycles. The van der Waals surface area contributed by atoms with E-state index >= 15 is 0 Å². The molecule has 0 aromatic rings. The second-order valence-electron chi connectivity index (χ2n) is 4.72. The molecule has 0 saturated heterocycles. The lowest BCUT2D eigenvalue weighted by molar-refractivity contribution is 0.173. The van der Waals surface area contributed by atoms with Gasteiger partial charge in [-0.05, 0) is 31.1 Å². The zero-order valence-corrected chi connectivity index (χ0v) is 9.86. The van der Waals surface area contributed by atoms with Crippen molar-refractivity contribution < 1.29 is 8.42 Å². The zero-order valence-electron chi connectivity index (χ0n) is 8.28. The summed E-state index contributed by atoms with van der Waals surface area (Å²) in [6, 6.07) is 0. The van der Waals surface area contributed by atoms with E-state index < -0.39 is 9.05 Å². The van der Waals surface area contributed by atoms with Crippen LogP contribution in [-0.2, 0) is 9.05 Å². The molecular weight excluding hydrogens is 220 g/mol. The molecule has 2 nitrogen and oxygen atoms in total. The molecule has 14 heavy (non-hydrogen) atoms. The second kappa shape index (κ2) is 4.01. The van der Waals surface area contributed by atoms with Crippen molar-refractivity contribution in [3.05, 3.63) is 0 Å². The van der Waals surface area contributed by atoms with E-state index in [0.717, 1.165) is 25.2 Å². The lowest BCUT2D eigenvalue weighted by Gasteiger charge is -2.38. The van der Waals surface area contributed by atoms with Crippen LogP contribution in [0.1, 0.15) is 44.9 Å². The van der Waals surface area contributed by atoms with Crippen LogP contribution in [0.15, 0.2) is 0 Å². The quantitative estimate of drug-likeness (QED) is 0.656. The molecule has 3 atom stereocenters. The first kappa shape index (κ1) is 10.7. The third-order valence-electron chi connectivity index (χ3n) is 3.89. The summed E-state index contributed by atoms with van der Waals surface area (Å²) in [4.78, 5) is 0. The number of fused-ring (bicyclic) bond motifs is 1. The van der Waals surface area contributed by atoms with E-state index in [-0.39, 0.29) is 5.25 Å². The van der Waals surface area contributed by atoms with E-state index in [1.807, 2.05) is 0 Å². The van der Waals surface area contributed by atoms with Crippen LogP contribution in [0.25, 0.3) is 0 Å². The molecule has 4 heteroatoms. The molecule has 0 bridgehead atoms. The minimum Gasteiger partial charge on any atom is -0.212 e. The molecule has 0 heterocycles. The van der Waals surface area contributed by atoms with Gasteiger partial charge in [-0.25, -0.2) is 8.42 Å². The van der Waals surface area contributed by atoms with Crippen LogP contribution in [0.3, 0.4) is 0 Å². The van der Waals surface area contributed by atoms with Gasteiger partial charge >= 0.3 is 0 Å². The van der Waals surface area contributed by atoms with Gasteiger partial charge in [0.15, 0.2) is 0 Å². The Morgan fingerprint density at radius 2 is 1.57 bits per heavy atom. The summed E-state index contributed by atoms with van der Waals surface area (Å²) < 4.78 is 22.5. The minimum absolute atomic E-state index is 0.261. The van der Waals surface area contributed by atoms with Gasteiger partial charge in [0.2, 0.25) is 9.05 Å². The average Bonchev–Trinajstić information content (AvgIpc) is 2.16. The van der Waals surface area contributed by atoms with E-state index in [1.54, 1.807) is 0 Å². The van der Waals surface area contributed by atoms with Gasteiger partial charge in [-0.15, -0.1) is 0 Å². The Bertz CT molecular complexity index is 299. The lowest BCUT2D eigenvalue weighted by atomic mass is 9.71. The zero-order chi connectivity index (χ0) is 10.2. The summed E-state index contributed by atoms with van der Waals surface area (Å²) in [7, 11) is 2.11. The highest BCUT2D eigenvalue weighted by molar-refractivity contribution is 8.14. The molecule has 2 unspecified atom stereocenters. The largest absolute Gasteiger partial charge is 0.235 e. The minimum atomic E-state index is -3.30. The molecule has 2 fully saturated rings. The average molecular weight is 237 g/mol. The summed E-state index contributed by atoms with van der Waals surface area (Å²) in [5.74, 6) is 1.43. The summed E-state index contributed by atoms with van der Waals surface area (Å²) in [6.45, 7) is 0. The van der Waals surface area contributed by atoms with Crippen molar-refractivity contribution in [2.75, 3.05) is 0 Å². The van der Waals surface area contributed by atoms with Gasteiger partial charge in [-0.2, -0.15) is 0 Å². The number of hydrogen-bond acceptors (Lipinski definition) is 2. The first-order chi connectivity index (χ1) is 6.57. The highest BCUT2D eigenvalue weighted by atomic mass is 35.7. The highest BCUT2D eigenvalue weighted by Crippen LogP contribution is 2.42. The Morgan fingerprint density at radius 3 is 2.21 bits per heavy atom. The fourth-order valence-corrected chi connectivity index (χ4v) is 4.47. The molecule has 0 aromatic carbocycles. The Kier molecular flexibility index (Phi) is 3.08. The third kappa shape index (κ3) is 2.25. The Labute approximate surface area is 90.4 Å². The summed E-state index contributed by atoms with van der Waals surface area (Å²) >= 11 is 0. The topological polar surface area (TPSA) is 34.1 Å². The first-order valence-electron chi connectivity index (χ1n) is 5.51. The van der Waals surface area contributed by atoms with E-state index in [9.17, 15) is 8.42 Å². The highest BCUT2D eigenvalue weighted by Gasteiger charge is 2.36. The normalized spacial score (nSPS) is 39.1. The standard InChI is InChI=1S/C10H17ClO2S/c11-14(12,13)10-6-5-8-3-1-2-4-9(8)7-10/h8-10H,1-7H2/t8?,9?,10-/m0/s1. The fourth-order valence-electron chi connectivity index (χ4n) is 3.09. The van der Waals surface area contributed by atoms with Crippen molar-refractivity contribution >= 4 is 19.7 Å². The van der Waals surface area contributed by atoms with Crippen molar-refractivity contribution in [2.45, 2.75) is 50.2 Å². The van der Waals surface area contributed by atoms with E-state index in [1.165, 1.54) is 25.7 Å². The third-order valence-corrected chi connectivity index (χ3v) is 5.87. The van der Waals surface area contributed by atoms with Gasteiger partial charge in [0, 0.05) is 10.7 Å². The maximum atomic E-state index is 11.2. The molecule has 2 rings (SSSR count).